The van der Waals surface area contributed by atoms with Crippen molar-refractivity contribution in [2.75, 3.05) is 32.7 Å². The number of halogens is 2. The van der Waals surface area contributed by atoms with Crippen LogP contribution in [0.1, 0.15) is 32.3 Å². The summed E-state index contributed by atoms with van der Waals surface area (Å²) >= 11 is 0. The van der Waals surface area contributed by atoms with E-state index in [1.165, 1.54) is 31.5 Å². The van der Waals surface area contributed by atoms with Gasteiger partial charge in [0.05, 0.1) is 0 Å². The summed E-state index contributed by atoms with van der Waals surface area (Å²) in [5.41, 5.74) is 0.723. The zero-order chi connectivity index (χ0) is 15.2. The smallest absolute Gasteiger partial charge is 0.126 e. The highest BCUT2D eigenvalue weighted by Gasteiger charge is 2.17. The molecule has 1 aliphatic rings. The Bertz CT molecular complexity index is 420. The van der Waals surface area contributed by atoms with Crippen molar-refractivity contribution >= 4 is 0 Å². The molecule has 0 aliphatic carbocycles. The molecule has 0 spiro atoms. The molecule has 0 radical (unpaired) electrons. The second-order valence-corrected chi connectivity index (χ2v) is 6.43. The van der Waals surface area contributed by atoms with Gasteiger partial charge in [0.15, 0.2) is 0 Å². The summed E-state index contributed by atoms with van der Waals surface area (Å²) in [5.74, 6) is -0.205. The van der Waals surface area contributed by atoms with Crippen molar-refractivity contribution in [2.45, 2.75) is 33.2 Å². The van der Waals surface area contributed by atoms with Gasteiger partial charge in [-0.05, 0) is 43.0 Å². The van der Waals surface area contributed by atoms with Crippen molar-refractivity contribution in [3.05, 3.63) is 35.4 Å². The molecular weight excluding hydrogens is 270 g/mol. The lowest BCUT2D eigenvalue weighted by molar-refractivity contribution is 0.124. The Labute approximate surface area is 126 Å². The molecule has 1 aromatic carbocycles. The number of benzene rings is 1. The van der Waals surface area contributed by atoms with Gasteiger partial charge in [-0.15, -0.1) is 0 Å². The summed E-state index contributed by atoms with van der Waals surface area (Å²) in [6.45, 7) is 10.4. The third kappa shape index (κ3) is 5.71. The molecule has 1 aromatic rings. The quantitative estimate of drug-likeness (QED) is 0.792. The van der Waals surface area contributed by atoms with E-state index in [0.717, 1.165) is 43.7 Å². The largest absolute Gasteiger partial charge is 0.301 e. The summed E-state index contributed by atoms with van der Waals surface area (Å²) in [4.78, 5) is 4.76. The molecule has 0 atom stereocenters. The van der Waals surface area contributed by atoms with E-state index < -0.39 is 11.6 Å². The maximum absolute atomic E-state index is 13.2. The maximum Gasteiger partial charge on any atom is 0.126 e. The average molecular weight is 296 g/mol. The van der Waals surface area contributed by atoms with E-state index in [9.17, 15) is 8.78 Å². The molecule has 4 heteroatoms. The van der Waals surface area contributed by atoms with Crippen molar-refractivity contribution in [3.8, 4) is 0 Å². The number of hydrogen-bond donors (Lipinski definition) is 0. The lowest BCUT2D eigenvalue weighted by Crippen LogP contribution is -2.46. The van der Waals surface area contributed by atoms with Gasteiger partial charge < -0.3 is 4.90 Å². The van der Waals surface area contributed by atoms with Gasteiger partial charge in [0.2, 0.25) is 0 Å². The van der Waals surface area contributed by atoms with E-state index in [4.69, 9.17) is 0 Å². The number of nitrogens with zero attached hydrogens (tertiary/aromatic N) is 2. The van der Waals surface area contributed by atoms with Gasteiger partial charge in [-0.25, -0.2) is 8.78 Å². The number of rotatable bonds is 6. The Morgan fingerprint density at radius 1 is 0.952 bits per heavy atom. The van der Waals surface area contributed by atoms with E-state index >= 15 is 0 Å². The highest BCUT2D eigenvalue weighted by Crippen LogP contribution is 2.13. The van der Waals surface area contributed by atoms with E-state index in [1.807, 2.05) is 0 Å². The topological polar surface area (TPSA) is 6.48 Å². The fourth-order valence-corrected chi connectivity index (χ4v) is 2.85. The zero-order valence-electron chi connectivity index (χ0n) is 13.1. The molecule has 1 aliphatic heterocycles. The van der Waals surface area contributed by atoms with Crippen molar-refractivity contribution in [1.29, 1.82) is 0 Å². The number of piperazine rings is 1. The summed E-state index contributed by atoms with van der Waals surface area (Å²) < 4.78 is 26.4. The Morgan fingerprint density at radius 2 is 1.52 bits per heavy atom. The van der Waals surface area contributed by atoms with Gasteiger partial charge in [-0.3, -0.25) is 4.90 Å². The Morgan fingerprint density at radius 3 is 2.10 bits per heavy atom. The molecule has 1 fully saturated rings. The van der Waals surface area contributed by atoms with E-state index in [0.29, 0.717) is 6.54 Å². The highest BCUT2D eigenvalue weighted by atomic mass is 19.1. The third-order valence-corrected chi connectivity index (χ3v) is 4.05. The summed E-state index contributed by atoms with van der Waals surface area (Å²) in [7, 11) is 0. The molecule has 0 amide bonds. The first-order valence-electron chi connectivity index (χ1n) is 7.92. The minimum Gasteiger partial charge on any atom is -0.301 e. The van der Waals surface area contributed by atoms with E-state index in [1.54, 1.807) is 0 Å². The van der Waals surface area contributed by atoms with Crippen LogP contribution < -0.4 is 0 Å². The van der Waals surface area contributed by atoms with Gasteiger partial charge in [-0.2, -0.15) is 0 Å². The first kappa shape index (κ1) is 16.4. The van der Waals surface area contributed by atoms with Crippen LogP contribution in [0.5, 0.6) is 0 Å². The summed E-state index contributed by atoms with van der Waals surface area (Å²) in [6.07, 6.45) is 2.54. The normalized spacial score (nSPS) is 17.6. The first-order chi connectivity index (χ1) is 10.0. The first-order valence-corrected chi connectivity index (χ1v) is 7.92. The standard InChI is InChI=1S/C17H26F2N2/c1-14(2)4-3-5-20-6-8-21(9-7-20)13-15-10-16(18)12-17(19)11-15/h10-12,14H,3-9,13H2,1-2H3. The van der Waals surface area contributed by atoms with Gasteiger partial charge >= 0.3 is 0 Å². The van der Waals surface area contributed by atoms with Crippen molar-refractivity contribution in [1.82, 2.24) is 9.80 Å². The second kappa shape index (κ2) is 7.85. The minimum absolute atomic E-state index is 0.489. The highest BCUT2D eigenvalue weighted by molar-refractivity contribution is 5.17. The molecule has 118 valence electrons. The SMILES string of the molecule is CC(C)CCCN1CCN(Cc2cc(F)cc(F)c2)CC1. The Hall–Kier alpha value is -1.00. The van der Waals surface area contributed by atoms with E-state index in [2.05, 4.69) is 23.6 Å². The van der Waals surface area contributed by atoms with Crippen LogP contribution in [0.4, 0.5) is 8.78 Å². The van der Waals surface area contributed by atoms with Gasteiger partial charge in [0.1, 0.15) is 11.6 Å². The van der Waals surface area contributed by atoms with Gasteiger partial charge in [-0.1, -0.05) is 13.8 Å². The van der Waals surface area contributed by atoms with E-state index in [-0.39, 0.29) is 0 Å². The fourth-order valence-electron chi connectivity index (χ4n) is 2.85. The van der Waals surface area contributed by atoms with Crippen LogP contribution in [-0.4, -0.2) is 42.5 Å². The summed E-state index contributed by atoms with van der Waals surface area (Å²) in [5, 5.41) is 0. The molecular formula is C17H26F2N2. The van der Waals surface area contributed by atoms with Crippen molar-refractivity contribution < 1.29 is 8.78 Å². The van der Waals surface area contributed by atoms with Crippen molar-refractivity contribution in [3.63, 3.8) is 0 Å². The molecule has 1 heterocycles. The Kier molecular flexibility index (Phi) is 6.12. The second-order valence-electron chi connectivity index (χ2n) is 6.43. The van der Waals surface area contributed by atoms with Crippen LogP contribution in [0.25, 0.3) is 0 Å². The van der Waals surface area contributed by atoms with Crippen molar-refractivity contribution in [2.24, 2.45) is 5.92 Å². The van der Waals surface area contributed by atoms with Crippen LogP contribution in [0.2, 0.25) is 0 Å². The summed E-state index contributed by atoms with van der Waals surface area (Å²) in [6, 6.07) is 3.78. The lowest BCUT2D eigenvalue weighted by Gasteiger charge is -2.34. The third-order valence-electron chi connectivity index (χ3n) is 4.05. The maximum atomic E-state index is 13.2. The zero-order valence-corrected chi connectivity index (χ0v) is 13.1. The van der Waals surface area contributed by atoms with Crippen LogP contribution in [0.15, 0.2) is 18.2 Å². The molecule has 0 saturated carbocycles. The molecule has 1 saturated heterocycles. The van der Waals surface area contributed by atoms with Crippen LogP contribution >= 0.6 is 0 Å². The molecule has 2 rings (SSSR count). The van der Waals surface area contributed by atoms with Crippen LogP contribution in [0.3, 0.4) is 0 Å². The predicted molar refractivity (Wildman–Crippen MR) is 82.1 cm³/mol. The van der Waals surface area contributed by atoms with Crippen LogP contribution in [-0.2, 0) is 6.54 Å². The minimum atomic E-state index is -0.489. The molecule has 0 bridgehead atoms. The molecule has 21 heavy (non-hydrogen) atoms. The fraction of sp³-hybridized carbons (Fsp3) is 0.647. The molecule has 2 nitrogen and oxygen atoms in total. The molecule has 0 unspecified atom stereocenters. The number of hydrogen-bond acceptors (Lipinski definition) is 2. The predicted octanol–water partition coefficient (Wildman–Crippen LogP) is 3.52. The van der Waals surface area contributed by atoms with Gasteiger partial charge in [0, 0.05) is 38.8 Å². The van der Waals surface area contributed by atoms with Gasteiger partial charge in [0.25, 0.3) is 0 Å². The Balaban J connectivity index is 1.73. The lowest BCUT2D eigenvalue weighted by atomic mass is 10.1. The van der Waals surface area contributed by atoms with Crippen LogP contribution in [0, 0.1) is 17.6 Å². The monoisotopic (exact) mass is 296 g/mol. The average Bonchev–Trinajstić information content (AvgIpc) is 2.39. The molecule has 0 N–H and O–H groups in total. The molecule has 0 aromatic heterocycles.